The Labute approximate surface area is 168 Å². The van der Waals surface area contributed by atoms with Crippen LogP contribution in [0.15, 0.2) is 24.3 Å². The lowest BCUT2D eigenvalue weighted by Gasteiger charge is -2.38. The number of hydroxylamine groups is 1. The van der Waals surface area contributed by atoms with E-state index >= 15 is 0 Å². The van der Waals surface area contributed by atoms with Gasteiger partial charge in [-0.1, -0.05) is 24.3 Å². The molecule has 0 spiro atoms. The highest BCUT2D eigenvalue weighted by atomic mass is 16.6. The Balaban J connectivity index is 1.42. The van der Waals surface area contributed by atoms with Gasteiger partial charge in [-0.3, -0.25) is 14.8 Å². The zero-order valence-corrected chi connectivity index (χ0v) is 16.2. The van der Waals surface area contributed by atoms with E-state index in [9.17, 15) is 14.4 Å². The average Bonchev–Trinajstić information content (AvgIpc) is 3.10. The second kappa shape index (κ2) is 8.38. The number of hydrogen-bond donors (Lipinski definition) is 3. The van der Waals surface area contributed by atoms with Crippen LogP contribution in [-0.4, -0.2) is 64.7 Å². The second-order valence-electron chi connectivity index (χ2n) is 7.93. The zero-order valence-electron chi connectivity index (χ0n) is 16.2. The highest BCUT2D eigenvalue weighted by Crippen LogP contribution is 2.28. The number of hydrogen-bond acceptors (Lipinski definition) is 6. The quantitative estimate of drug-likeness (QED) is 0.503. The number of nitrogens with zero attached hydrogens (tertiary/aromatic N) is 2. The molecular weight excluding hydrogens is 376 g/mol. The molecule has 3 aliphatic heterocycles. The van der Waals surface area contributed by atoms with Crippen LogP contribution in [0.25, 0.3) is 0 Å². The van der Waals surface area contributed by atoms with Crippen molar-refractivity contribution in [3.63, 3.8) is 0 Å². The van der Waals surface area contributed by atoms with E-state index in [2.05, 4.69) is 5.32 Å². The molecular formula is C20H26N4O5. The van der Waals surface area contributed by atoms with Crippen molar-refractivity contribution in [2.45, 2.75) is 44.5 Å². The van der Waals surface area contributed by atoms with Crippen LogP contribution in [0.3, 0.4) is 0 Å². The first-order valence-electron chi connectivity index (χ1n) is 10.0. The topological polar surface area (TPSA) is 111 Å². The van der Waals surface area contributed by atoms with Gasteiger partial charge in [-0.05, 0) is 29.9 Å². The molecule has 3 aliphatic rings. The van der Waals surface area contributed by atoms with Crippen molar-refractivity contribution < 1.29 is 24.3 Å². The highest BCUT2D eigenvalue weighted by molar-refractivity contribution is 5.84. The average molecular weight is 402 g/mol. The minimum atomic E-state index is -0.569. The number of ether oxygens (including phenoxy) is 1. The van der Waals surface area contributed by atoms with Crippen LogP contribution in [0.4, 0.5) is 4.79 Å². The summed E-state index contributed by atoms with van der Waals surface area (Å²) in [7, 11) is 0. The first-order valence-corrected chi connectivity index (χ1v) is 10.0. The van der Waals surface area contributed by atoms with Crippen molar-refractivity contribution in [2.24, 2.45) is 5.92 Å². The smallest absolute Gasteiger partial charge is 0.410 e. The minimum Gasteiger partial charge on any atom is -0.445 e. The molecule has 9 nitrogen and oxygen atoms in total. The van der Waals surface area contributed by atoms with Gasteiger partial charge in [0.05, 0.1) is 6.04 Å². The molecule has 3 N–H and O–H groups in total. The van der Waals surface area contributed by atoms with Crippen molar-refractivity contribution in [1.29, 1.82) is 0 Å². The largest absolute Gasteiger partial charge is 0.445 e. The molecule has 0 unspecified atom stereocenters. The summed E-state index contributed by atoms with van der Waals surface area (Å²) in [4.78, 5) is 40.5. The van der Waals surface area contributed by atoms with Crippen LogP contribution >= 0.6 is 0 Å². The third-order valence-corrected chi connectivity index (χ3v) is 5.98. The maximum absolute atomic E-state index is 13.2. The summed E-state index contributed by atoms with van der Waals surface area (Å²) in [6.45, 7) is 2.84. The van der Waals surface area contributed by atoms with Gasteiger partial charge in [0, 0.05) is 39.1 Å². The molecule has 29 heavy (non-hydrogen) atoms. The molecule has 4 rings (SSSR count). The predicted molar refractivity (Wildman–Crippen MR) is 102 cm³/mol. The standard InChI is InChI=1S/C20H26N4O5/c25-17(22-28)9-15-8-16(29-20(27)23-6-3-7-23)10-21-18(15)19(26)24-11-13-4-1-2-5-14(13)12-24/h1-2,4-5,15-16,18,21,28H,3,6-12H2,(H,22,25)/t15-,16-,18-/m0/s1. The van der Waals surface area contributed by atoms with Gasteiger partial charge in [0.1, 0.15) is 6.10 Å². The lowest BCUT2D eigenvalue weighted by atomic mass is 9.85. The van der Waals surface area contributed by atoms with Crippen molar-refractivity contribution in [2.75, 3.05) is 19.6 Å². The van der Waals surface area contributed by atoms with Gasteiger partial charge in [-0.25, -0.2) is 10.3 Å². The summed E-state index contributed by atoms with van der Waals surface area (Å²) in [6, 6.07) is 7.37. The molecule has 3 atom stereocenters. The van der Waals surface area contributed by atoms with Crippen LogP contribution in [0, 0.1) is 5.92 Å². The first-order chi connectivity index (χ1) is 14.0. The van der Waals surface area contributed by atoms with Gasteiger partial charge in [-0.15, -0.1) is 0 Å². The SMILES string of the molecule is O=C(C[C@@H]1C[C@H](OC(=O)N2CCC2)CN[C@@H]1C(=O)N1Cc2ccccc2C1)NO. The Bertz CT molecular complexity index is 772. The predicted octanol–water partition coefficient (Wildman–Crippen LogP) is 0.613. The fourth-order valence-corrected chi connectivity index (χ4v) is 4.25. The Morgan fingerprint density at radius 2 is 1.83 bits per heavy atom. The van der Waals surface area contributed by atoms with Gasteiger partial charge in [-0.2, -0.15) is 0 Å². The van der Waals surface area contributed by atoms with Crippen LogP contribution in [0.5, 0.6) is 0 Å². The van der Waals surface area contributed by atoms with E-state index in [4.69, 9.17) is 9.94 Å². The van der Waals surface area contributed by atoms with Gasteiger partial charge in [0.15, 0.2) is 0 Å². The van der Waals surface area contributed by atoms with Crippen LogP contribution in [0.1, 0.15) is 30.4 Å². The Hall–Kier alpha value is -2.65. The number of nitrogens with one attached hydrogen (secondary N) is 2. The highest BCUT2D eigenvalue weighted by Gasteiger charge is 2.40. The molecule has 9 heteroatoms. The Kier molecular flexibility index (Phi) is 5.68. The number of rotatable bonds is 4. The van der Waals surface area contributed by atoms with E-state index in [1.807, 2.05) is 24.3 Å². The number of fused-ring (bicyclic) bond motifs is 1. The molecule has 2 fully saturated rings. The van der Waals surface area contributed by atoms with Crippen molar-refractivity contribution >= 4 is 17.9 Å². The van der Waals surface area contributed by atoms with E-state index in [0.29, 0.717) is 39.1 Å². The normalized spacial score (nSPS) is 25.8. The molecule has 0 aromatic heterocycles. The number of piperidine rings is 1. The van der Waals surface area contributed by atoms with E-state index < -0.39 is 18.1 Å². The fraction of sp³-hybridized carbons (Fsp3) is 0.550. The third kappa shape index (κ3) is 4.20. The second-order valence-corrected chi connectivity index (χ2v) is 7.93. The summed E-state index contributed by atoms with van der Waals surface area (Å²) in [5.41, 5.74) is 3.89. The van der Waals surface area contributed by atoms with Gasteiger partial charge in [0.2, 0.25) is 11.8 Å². The lowest BCUT2D eigenvalue weighted by Crippen LogP contribution is -2.57. The molecule has 1 aromatic carbocycles. The first kappa shape index (κ1) is 19.7. The monoisotopic (exact) mass is 402 g/mol. The Morgan fingerprint density at radius 1 is 1.14 bits per heavy atom. The molecule has 1 aromatic rings. The minimum absolute atomic E-state index is 0.0293. The van der Waals surface area contributed by atoms with Crippen molar-refractivity contribution in [3.8, 4) is 0 Å². The van der Waals surface area contributed by atoms with Crippen molar-refractivity contribution in [1.82, 2.24) is 20.6 Å². The molecule has 3 amide bonds. The fourth-order valence-electron chi connectivity index (χ4n) is 4.25. The zero-order chi connectivity index (χ0) is 20.4. The van der Waals surface area contributed by atoms with Gasteiger partial charge < -0.3 is 19.9 Å². The summed E-state index contributed by atoms with van der Waals surface area (Å²) >= 11 is 0. The van der Waals surface area contributed by atoms with E-state index in [1.165, 1.54) is 0 Å². The molecule has 156 valence electrons. The van der Waals surface area contributed by atoms with E-state index in [-0.39, 0.29) is 24.3 Å². The third-order valence-electron chi connectivity index (χ3n) is 5.98. The summed E-state index contributed by atoms with van der Waals surface area (Å²) < 4.78 is 5.55. The number of carbonyl (C=O) groups is 3. The van der Waals surface area contributed by atoms with Crippen LogP contribution in [0.2, 0.25) is 0 Å². The number of benzene rings is 1. The van der Waals surface area contributed by atoms with E-state index in [0.717, 1.165) is 17.5 Å². The lowest BCUT2D eigenvalue weighted by molar-refractivity contribution is -0.138. The number of amides is 3. The van der Waals surface area contributed by atoms with Crippen LogP contribution < -0.4 is 10.8 Å². The molecule has 3 heterocycles. The molecule has 0 bridgehead atoms. The van der Waals surface area contributed by atoms with Crippen LogP contribution in [-0.2, 0) is 27.4 Å². The van der Waals surface area contributed by atoms with Gasteiger partial charge >= 0.3 is 6.09 Å². The summed E-state index contributed by atoms with van der Waals surface area (Å²) in [5.74, 6) is -1.03. The molecule has 0 radical (unpaired) electrons. The van der Waals surface area contributed by atoms with E-state index in [1.54, 1.807) is 15.3 Å². The number of likely N-dealkylation sites (tertiary alicyclic amines) is 1. The van der Waals surface area contributed by atoms with Crippen molar-refractivity contribution in [3.05, 3.63) is 35.4 Å². The van der Waals surface area contributed by atoms with Gasteiger partial charge in [0.25, 0.3) is 0 Å². The molecule has 2 saturated heterocycles. The maximum atomic E-state index is 13.2. The summed E-state index contributed by atoms with van der Waals surface area (Å²) in [5, 5.41) is 12.1. The Morgan fingerprint density at radius 3 is 2.41 bits per heavy atom. The maximum Gasteiger partial charge on any atom is 0.410 e. The molecule has 0 aliphatic carbocycles. The molecule has 0 saturated carbocycles. The number of carbonyl (C=O) groups excluding carboxylic acids is 3. The summed E-state index contributed by atoms with van der Waals surface area (Å²) in [6.07, 6.45) is 0.564.